The third-order valence-corrected chi connectivity index (χ3v) is 1.61. The van der Waals surface area contributed by atoms with E-state index < -0.39 is 48.6 Å². The summed E-state index contributed by atoms with van der Waals surface area (Å²) in [6.45, 7) is -0.778. The SMILES string of the molecule is O=C(O)CC(O)(C(=O)O)C(O)C(=O)O.O=C(O)CO. The van der Waals surface area contributed by atoms with Crippen molar-refractivity contribution < 1.29 is 54.9 Å². The molecule has 0 rings (SSSR count). The molecule has 0 saturated heterocycles. The lowest BCUT2D eigenvalue weighted by molar-refractivity contribution is -0.187. The van der Waals surface area contributed by atoms with Crippen LogP contribution >= 0.6 is 0 Å². The number of aliphatic carboxylic acids is 4. The Morgan fingerprint density at radius 1 is 0.947 bits per heavy atom. The Balaban J connectivity index is 0. The quantitative estimate of drug-likeness (QED) is 0.258. The topological polar surface area (TPSA) is 210 Å². The molecular weight excluding hydrogens is 272 g/mol. The lowest BCUT2D eigenvalue weighted by atomic mass is 9.93. The van der Waals surface area contributed by atoms with E-state index in [0.29, 0.717) is 0 Å². The zero-order chi connectivity index (χ0) is 15.8. The number of aliphatic hydroxyl groups excluding tert-OH is 2. The van der Waals surface area contributed by atoms with Gasteiger partial charge in [-0.2, -0.15) is 0 Å². The standard InChI is InChI=1S/C6H8O8.C2H4O3/c7-2(8)1-6(14,5(12)13)3(9)4(10)11;3-1-2(4)5/h3,9,14H,1H2,(H,7,8)(H,10,11)(H,12,13);3H,1H2,(H,4,5). The second-order valence-corrected chi connectivity index (χ2v) is 3.09. The molecule has 2 atom stereocenters. The van der Waals surface area contributed by atoms with E-state index >= 15 is 0 Å². The minimum atomic E-state index is -3.22. The number of carboxylic acids is 4. The van der Waals surface area contributed by atoms with Gasteiger partial charge in [-0.3, -0.25) is 4.79 Å². The monoisotopic (exact) mass is 284 g/mol. The van der Waals surface area contributed by atoms with Crippen LogP contribution in [0.1, 0.15) is 6.42 Å². The fourth-order valence-electron chi connectivity index (χ4n) is 0.724. The van der Waals surface area contributed by atoms with Gasteiger partial charge in [-0.05, 0) is 0 Å². The minimum Gasteiger partial charge on any atom is -0.481 e. The molecule has 2 unspecified atom stereocenters. The summed E-state index contributed by atoms with van der Waals surface area (Å²) in [7, 11) is 0. The summed E-state index contributed by atoms with van der Waals surface area (Å²) in [5.74, 6) is -7.06. The van der Waals surface area contributed by atoms with Crippen LogP contribution in [0.25, 0.3) is 0 Å². The highest BCUT2D eigenvalue weighted by molar-refractivity contribution is 5.90. The first-order valence-corrected chi connectivity index (χ1v) is 4.40. The average Bonchev–Trinajstić information content (AvgIpc) is 2.27. The zero-order valence-corrected chi connectivity index (χ0v) is 9.26. The predicted molar refractivity (Wildman–Crippen MR) is 53.2 cm³/mol. The predicted octanol–water partition coefficient (Wildman–Crippen LogP) is -3.21. The number of carbonyl (C=O) groups is 4. The van der Waals surface area contributed by atoms with Gasteiger partial charge >= 0.3 is 23.9 Å². The average molecular weight is 284 g/mol. The van der Waals surface area contributed by atoms with Gasteiger partial charge < -0.3 is 35.7 Å². The molecule has 11 nitrogen and oxygen atoms in total. The molecule has 0 aliphatic carbocycles. The highest BCUT2D eigenvalue weighted by Gasteiger charge is 2.49. The van der Waals surface area contributed by atoms with Crippen LogP contribution in [0, 0.1) is 0 Å². The molecule has 0 bridgehead atoms. The summed E-state index contributed by atoms with van der Waals surface area (Å²) in [5.41, 5.74) is -3.22. The van der Waals surface area contributed by atoms with Gasteiger partial charge in [-0.1, -0.05) is 0 Å². The molecule has 7 N–H and O–H groups in total. The van der Waals surface area contributed by atoms with Crippen molar-refractivity contribution in [2.24, 2.45) is 0 Å². The van der Waals surface area contributed by atoms with E-state index in [1.807, 2.05) is 0 Å². The van der Waals surface area contributed by atoms with E-state index in [0.717, 1.165) is 0 Å². The van der Waals surface area contributed by atoms with Crippen molar-refractivity contribution in [3.8, 4) is 0 Å². The van der Waals surface area contributed by atoms with Crippen molar-refractivity contribution in [3.63, 3.8) is 0 Å². The van der Waals surface area contributed by atoms with E-state index in [4.69, 9.17) is 40.5 Å². The number of hydrogen-bond donors (Lipinski definition) is 7. The van der Waals surface area contributed by atoms with E-state index in [-0.39, 0.29) is 0 Å². The summed E-state index contributed by atoms with van der Waals surface area (Å²) in [4.78, 5) is 39.8. The van der Waals surface area contributed by atoms with Crippen molar-refractivity contribution in [1.82, 2.24) is 0 Å². The van der Waals surface area contributed by atoms with Crippen molar-refractivity contribution in [2.75, 3.05) is 6.61 Å². The molecule has 0 amide bonds. The maximum absolute atomic E-state index is 10.4. The summed E-state index contributed by atoms with van der Waals surface area (Å²) >= 11 is 0. The number of rotatable bonds is 6. The smallest absolute Gasteiger partial charge is 0.339 e. The minimum absolute atomic E-state index is 0.778. The summed E-state index contributed by atoms with van der Waals surface area (Å²) < 4.78 is 0. The van der Waals surface area contributed by atoms with Gasteiger partial charge in [0.1, 0.15) is 6.61 Å². The maximum Gasteiger partial charge on any atom is 0.339 e. The molecule has 0 saturated carbocycles. The number of carboxylic acid groups (broad SMARTS) is 4. The van der Waals surface area contributed by atoms with Gasteiger partial charge in [0.2, 0.25) is 5.60 Å². The molecule has 0 spiro atoms. The second kappa shape index (κ2) is 7.97. The normalized spacial score (nSPS) is 14.3. The fraction of sp³-hybridized carbons (Fsp3) is 0.500. The molecule has 0 radical (unpaired) electrons. The molecule has 0 aliphatic rings. The van der Waals surface area contributed by atoms with E-state index in [1.54, 1.807) is 0 Å². The Hall–Kier alpha value is -2.24. The number of aliphatic hydroxyl groups is 3. The van der Waals surface area contributed by atoms with Crippen LogP contribution in [0.4, 0.5) is 0 Å². The molecule has 0 aromatic carbocycles. The molecule has 110 valence electrons. The summed E-state index contributed by atoms with van der Waals surface area (Å²) in [6, 6.07) is 0. The first-order valence-electron chi connectivity index (χ1n) is 4.40. The van der Waals surface area contributed by atoms with Crippen molar-refractivity contribution >= 4 is 23.9 Å². The maximum atomic E-state index is 10.4. The molecular formula is C8H12O11. The van der Waals surface area contributed by atoms with Crippen molar-refractivity contribution in [2.45, 2.75) is 18.1 Å². The molecule has 19 heavy (non-hydrogen) atoms. The zero-order valence-electron chi connectivity index (χ0n) is 9.26. The van der Waals surface area contributed by atoms with Gasteiger partial charge in [0.05, 0.1) is 6.42 Å². The van der Waals surface area contributed by atoms with E-state index in [2.05, 4.69) is 0 Å². The fourth-order valence-corrected chi connectivity index (χ4v) is 0.724. The molecule has 0 aromatic heterocycles. The molecule has 0 aliphatic heterocycles. The molecule has 0 heterocycles. The Labute approximate surface area is 105 Å². The van der Waals surface area contributed by atoms with Gasteiger partial charge in [0, 0.05) is 0 Å². The Kier molecular flexibility index (Phi) is 8.01. The van der Waals surface area contributed by atoms with Gasteiger partial charge in [0.15, 0.2) is 6.10 Å². The Morgan fingerprint density at radius 2 is 1.32 bits per heavy atom. The highest BCUT2D eigenvalue weighted by atomic mass is 16.4. The van der Waals surface area contributed by atoms with E-state index in [1.165, 1.54) is 0 Å². The highest BCUT2D eigenvalue weighted by Crippen LogP contribution is 2.16. The number of hydrogen-bond acceptors (Lipinski definition) is 7. The van der Waals surface area contributed by atoms with Gasteiger partial charge in [0.25, 0.3) is 0 Å². The Bertz CT molecular complexity index is 362. The molecule has 11 heteroatoms. The molecule has 0 fully saturated rings. The Morgan fingerprint density at radius 3 is 1.47 bits per heavy atom. The van der Waals surface area contributed by atoms with Crippen LogP contribution in [0.3, 0.4) is 0 Å². The van der Waals surface area contributed by atoms with E-state index in [9.17, 15) is 14.4 Å². The van der Waals surface area contributed by atoms with Crippen LogP contribution < -0.4 is 0 Å². The van der Waals surface area contributed by atoms with Gasteiger partial charge in [-0.15, -0.1) is 0 Å². The summed E-state index contributed by atoms with van der Waals surface area (Å²) in [6.07, 6.45) is -4.11. The molecule has 0 aromatic rings. The van der Waals surface area contributed by atoms with Crippen LogP contribution in [-0.2, 0) is 19.2 Å². The second-order valence-electron chi connectivity index (χ2n) is 3.09. The third-order valence-electron chi connectivity index (χ3n) is 1.61. The first-order chi connectivity index (χ1) is 8.48. The van der Waals surface area contributed by atoms with Crippen molar-refractivity contribution in [3.05, 3.63) is 0 Å². The van der Waals surface area contributed by atoms with Gasteiger partial charge in [-0.25, -0.2) is 14.4 Å². The lowest BCUT2D eigenvalue weighted by Gasteiger charge is -2.23. The third kappa shape index (κ3) is 6.92. The van der Waals surface area contributed by atoms with Crippen LogP contribution in [-0.4, -0.2) is 77.9 Å². The summed E-state index contributed by atoms with van der Waals surface area (Å²) in [5, 5.41) is 57.7. The largest absolute Gasteiger partial charge is 0.481 e. The first kappa shape index (κ1) is 19.1. The van der Waals surface area contributed by atoms with Crippen LogP contribution in [0.15, 0.2) is 0 Å². The van der Waals surface area contributed by atoms with Crippen LogP contribution in [0.2, 0.25) is 0 Å². The van der Waals surface area contributed by atoms with Crippen LogP contribution in [0.5, 0.6) is 0 Å². The lowest BCUT2D eigenvalue weighted by Crippen LogP contribution is -2.54. The van der Waals surface area contributed by atoms with Crippen molar-refractivity contribution in [1.29, 1.82) is 0 Å².